The van der Waals surface area contributed by atoms with E-state index in [0.29, 0.717) is 22.5 Å². The molecule has 1 fully saturated rings. The van der Waals surface area contributed by atoms with Gasteiger partial charge in [0.1, 0.15) is 11.5 Å². The van der Waals surface area contributed by atoms with Crippen molar-refractivity contribution in [3.8, 4) is 11.5 Å². The van der Waals surface area contributed by atoms with Gasteiger partial charge in [-0.1, -0.05) is 0 Å². The molecule has 6 heteroatoms. The normalized spacial score (nSPS) is 13.7. The molecule has 0 unspecified atom stereocenters. The molecule has 1 amide bonds. The average molecular weight is 318 g/mol. The summed E-state index contributed by atoms with van der Waals surface area (Å²) < 4.78 is 10.5. The largest absolute Gasteiger partial charge is 0.497 e. The van der Waals surface area contributed by atoms with Crippen LogP contribution in [0.15, 0.2) is 23.6 Å². The number of ether oxygens (including phenoxy) is 2. The number of anilines is 1. The van der Waals surface area contributed by atoms with Crippen LogP contribution in [0.1, 0.15) is 30.0 Å². The Morgan fingerprint density at radius 2 is 2.18 bits per heavy atom. The highest BCUT2D eigenvalue weighted by Gasteiger charge is 2.26. The maximum absolute atomic E-state index is 12.2. The second-order valence-electron chi connectivity index (χ2n) is 5.25. The van der Waals surface area contributed by atoms with Crippen molar-refractivity contribution in [1.29, 1.82) is 0 Å². The van der Waals surface area contributed by atoms with Crippen molar-refractivity contribution in [2.45, 2.75) is 25.2 Å². The van der Waals surface area contributed by atoms with E-state index in [1.807, 2.05) is 17.5 Å². The molecule has 116 valence electrons. The Labute approximate surface area is 133 Å². The Kier molecular flexibility index (Phi) is 4.29. The van der Waals surface area contributed by atoms with Gasteiger partial charge in [0.15, 0.2) is 5.13 Å². The zero-order valence-corrected chi connectivity index (χ0v) is 13.4. The summed E-state index contributed by atoms with van der Waals surface area (Å²) >= 11 is 1.48. The first kappa shape index (κ1) is 14.8. The number of carbonyl (C=O) groups excluding carboxylic acids is 1. The lowest BCUT2D eigenvalue weighted by molar-refractivity contribution is -0.115. The minimum atomic E-state index is -0.108. The van der Waals surface area contributed by atoms with E-state index in [2.05, 4.69) is 10.3 Å². The smallest absolute Gasteiger partial charge is 0.230 e. The lowest BCUT2D eigenvalue weighted by Gasteiger charge is -2.10. The maximum Gasteiger partial charge on any atom is 0.230 e. The van der Waals surface area contributed by atoms with Gasteiger partial charge in [-0.3, -0.25) is 4.79 Å². The van der Waals surface area contributed by atoms with Crippen LogP contribution in [0.2, 0.25) is 0 Å². The lowest BCUT2D eigenvalue weighted by atomic mass is 10.1. The van der Waals surface area contributed by atoms with Crippen LogP contribution >= 0.6 is 11.3 Å². The highest BCUT2D eigenvalue weighted by Crippen LogP contribution is 2.40. The number of benzene rings is 1. The molecular weight excluding hydrogens is 300 g/mol. The number of thiazole rings is 1. The first-order chi connectivity index (χ1) is 10.7. The van der Waals surface area contributed by atoms with E-state index in [4.69, 9.17) is 9.47 Å². The molecule has 1 heterocycles. The third kappa shape index (κ3) is 3.39. The molecule has 3 rings (SSSR count). The summed E-state index contributed by atoms with van der Waals surface area (Å²) in [5, 5.41) is 5.54. The van der Waals surface area contributed by atoms with E-state index in [9.17, 15) is 4.79 Å². The van der Waals surface area contributed by atoms with Crippen LogP contribution in [0.5, 0.6) is 11.5 Å². The Balaban J connectivity index is 1.67. The predicted molar refractivity (Wildman–Crippen MR) is 86.0 cm³/mol. The fourth-order valence-electron chi connectivity index (χ4n) is 2.27. The lowest BCUT2D eigenvalue weighted by Crippen LogP contribution is -2.15. The number of rotatable bonds is 6. The van der Waals surface area contributed by atoms with Gasteiger partial charge in [0, 0.05) is 16.9 Å². The van der Waals surface area contributed by atoms with Gasteiger partial charge in [-0.05, 0) is 31.0 Å². The zero-order valence-electron chi connectivity index (χ0n) is 12.6. The van der Waals surface area contributed by atoms with Crippen molar-refractivity contribution < 1.29 is 14.3 Å². The van der Waals surface area contributed by atoms with Gasteiger partial charge in [0.2, 0.25) is 5.91 Å². The van der Waals surface area contributed by atoms with Crippen LogP contribution in [0.4, 0.5) is 5.13 Å². The molecule has 2 aromatic rings. The van der Waals surface area contributed by atoms with Crippen molar-refractivity contribution in [3.63, 3.8) is 0 Å². The molecule has 1 aromatic carbocycles. The van der Waals surface area contributed by atoms with Gasteiger partial charge in [-0.2, -0.15) is 0 Å². The first-order valence-electron chi connectivity index (χ1n) is 7.15. The van der Waals surface area contributed by atoms with Gasteiger partial charge in [0.25, 0.3) is 0 Å². The van der Waals surface area contributed by atoms with E-state index >= 15 is 0 Å². The molecule has 1 N–H and O–H groups in total. The van der Waals surface area contributed by atoms with Crippen LogP contribution < -0.4 is 14.8 Å². The van der Waals surface area contributed by atoms with E-state index in [1.165, 1.54) is 24.2 Å². The Morgan fingerprint density at radius 3 is 2.86 bits per heavy atom. The third-order valence-electron chi connectivity index (χ3n) is 3.60. The van der Waals surface area contributed by atoms with E-state index < -0.39 is 0 Å². The highest BCUT2D eigenvalue weighted by atomic mass is 32.1. The number of carbonyl (C=O) groups is 1. The van der Waals surface area contributed by atoms with Crippen LogP contribution in [-0.4, -0.2) is 25.1 Å². The summed E-state index contributed by atoms with van der Waals surface area (Å²) in [6.07, 6.45) is 2.63. The summed E-state index contributed by atoms with van der Waals surface area (Å²) in [6, 6.07) is 5.43. The summed E-state index contributed by atoms with van der Waals surface area (Å²) in [7, 11) is 3.19. The van der Waals surface area contributed by atoms with Gasteiger partial charge in [-0.25, -0.2) is 4.98 Å². The molecule has 1 aromatic heterocycles. The van der Waals surface area contributed by atoms with Crippen molar-refractivity contribution >= 4 is 22.4 Å². The molecule has 0 saturated heterocycles. The van der Waals surface area contributed by atoms with Crippen LogP contribution in [0.25, 0.3) is 0 Å². The highest BCUT2D eigenvalue weighted by molar-refractivity contribution is 7.13. The van der Waals surface area contributed by atoms with E-state index in [-0.39, 0.29) is 12.3 Å². The number of hydrogen-bond acceptors (Lipinski definition) is 5. The van der Waals surface area contributed by atoms with Crippen molar-refractivity contribution in [3.05, 3.63) is 34.8 Å². The SMILES string of the molecule is COc1ccc(OC)c(CC(=O)Nc2nc(C3CC3)cs2)c1. The maximum atomic E-state index is 12.2. The third-order valence-corrected chi connectivity index (χ3v) is 4.38. The minimum absolute atomic E-state index is 0.108. The van der Waals surface area contributed by atoms with E-state index in [0.717, 1.165) is 11.3 Å². The molecule has 0 aliphatic heterocycles. The number of aromatic nitrogens is 1. The molecule has 0 spiro atoms. The molecule has 0 bridgehead atoms. The van der Waals surface area contributed by atoms with Gasteiger partial charge >= 0.3 is 0 Å². The van der Waals surface area contributed by atoms with Gasteiger partial charge in [0.05, 0.1) is 26.3 Å². The molecule has 1 saturated carbocycles. The fourth-order valence-corrected chi connectivity index (χ4v) is 3.08. The molecule has 1 aliphatic rings. The molecule has 22 heavy (non-hydrogen) atoms. The number of nitrogens with zero attached hydrogens (tertiary/aromatic N) is 1. The number of amides is 1. The monoisotopic (exact) mass is 318 g/mol. The van der Waals surface area contributed by atoms with E-state index in [1.54, 1.807) is 20.3 Å². The fraction of sp³-hybridized carbons (Fsp3) is 0.375. The van der Waals surface area contributed by atoms with Crippen LogP contribution in [0, 0.1) is 0 Å². The molecule has 5 nitrogen and oxygen atoms in total. The minimum Gasteiger partial charge on any atom is -0.497 e. The number of hydrogen-bond donors (Lipinski definition) is 1. The standard InChI is InChI=1S/C16H18N2O3S/c1-20-12-5-6-14(21-2)11(7-12)8-15(19)18-16-17-13(9-22-16)10-3-4-10/h5-7,9-10H,3-4,8H2,1-2H3,(H,17,18,19). The first-order valence-corrected chi connectivity index (χ1v) is 8.03. The molecular formula is C16H18N2O3S. The van der Waals surface area contributed by atoms with Crippen molar-refractivity contribution in [2.24, 2.45) is 0 Å². The van der Waals surface area contributed by atoms with Crippen LogP contribution in [-0.2, 0) is 11.2 Å². The van der Waals surface area contributed by atoms with Crippen molar-refractivity contribution in [1.82, 2.24) is 4.98 Å². The Bertz CT molecular complexity index is 680. The summed E-state index contributed by atoms with van der Waals surface area (Å²) in [4.78, 5) is 16.7. The second kappa shape index (κ2) is 6.36. The van der Waals surface area contributed by atoms with Gasteiger partial charge in [-0.15, -0.1) is 11.3 Å². The average Bonchev–Trinajstić information content (AvgIpc) is 3.27. The topological polar surface area (TPSA) is 60.5 Å². The second-order valence-corrected chi connectivity index (χ2v) is 6.11. The quantitative estimate of drug-likeness (QED) is 0.888. The number of nitrogens with one attached hydrogen (secondary N) is 1. The van der Waals surface area contributed by atoms with Crippen molar-refractivity contribution in [2.75, 3.05) is 19.5 Å². The summed E-state index contributed by atoms with van der Waals surface area (Å²) in [5.74, 6) is 1.87. The van der Waals surface area contributed by atoms with Crippen LogP contribution in [0.3, 0.4) is 0 Å². The molecule has 0 radical (unpaired) electrons. The Morgan fingerprint density at radius 1 is 1.36 bits per heavy atom. The summed E-state index contributed by atoms with van der Waals surface area (Å²) in [5.41, 5.74) is 1.89. The zero-order chi connectivity index (χ0) is 15.5. The van der Waals surface area contributed by atoms with Gasteiger partial charge < -0.3 is 14.8 Å². The Hall–Kier alpha value is -2.08. The predicted octanol–water partition coefficient (Wildman–Crippen LogP) is 3.22. The molecule has 0 atom stereocenters. The number of methoxy groups -OCH3 is 2. The summed E-state index contributed by atoms with van der Waals surface area (Å²) in [6.45, 7) is 0. The molecule has 1 aliphatic carbocycles.